The molecule has 178 valence electrons. The van der Waals surface area contributed by atoms with Gasteiger partial charge in [-0.3, -0.25) is 9.52 Å². The molecular formula is C27H31N3O3S. The molecule has 0 aliphatic carbocycles. The number of aryl methyl sites for hydroxylation is 1. The maximum Gasteiger partial charge on any atom is 0.261 e. The van der Waals surface area contributed by atoms with Crippen molar-refractivity contribution >= 4 is 27.3 Å². The van der Waals surface area contributed by atoms with Crippen LogP contribution < -0.4 is 9.62 Å². The predicted molar refractivity (Wildman–Crippen MR) is 137 cm³/mol. The summed E-state index contributed by atoms with van der Waals surface area (Å²) in [5, 5.41) is 0. The Bertz CT molecular complexity index is 1250. The van der Waals surface area contributed by atoms with Crippen LogP contribution in [0.2, 0.25) is 0 Å². The summed E-state index contributed by atoms with van der Waals surface area (Å²) in [6, 6.07) is 22.2. The first-order valence-electron chi connectivity index (χ1n) is 11.6. The largest absolute Gasteiger partial charge is 0.368 e. The molecule has 1 aliphatic heterocycles. The number of rotatable bonds is 6. The molecule has 1 fully saturated rings. The molecule has 1 heterocycles. The average Bonchev–Trinajstić information content (AvgIpc) is 2.84. The van der Waals surface area contributed by atoms with Gasteiger partial charge < -0.3 is 9.80 Å². The van der Waals surface area contributed by atoms with Crippen molar-refractivity contribution in [3.8, 4) is 0 Å². The number of carbonyl (C=O) groups excluding carboxylic acids is 1. The molecule has 6 nitrogen and oxygen atoms in total. The molecule has 7 heteroatoms. The number of sulfonamides is 1. The Morgan fingerprint density at radius 3 is 2.15 bits per heavy atom. The number of anilines is 2. The van der Waals surface area contributed by atoms with Crippen LogP contribution in [0.15, 0.2) is 77.7 Å². The van der Waals surface area contributed by atoms with E-state index in [2.05, 4.69) is 35.6 Å². The first-order chi connectivity index (χ1) is 16.2. The van der Waals surface area contributed by atoms with Crippen LogP contribution in [0, 0.1) is 6.92 Å². The predicted octanol–water partition coefficient (Wildman–Crippen LogP) is 4.88. The summed E-state index contributed by atoms with van der Waals surface area (Å²) in [6.45, 7) is 8.66. The van der Waals surface area contributed by atoms with Gasteiger partial charge in [0.25, 0.3) is 15.9 Å². The van der Waals surface area contributed by atoms with Crippen molar-refractivity contribution in [1.29, 1.82) is 0 Å². The Balaban J connectivity index is 1.48. The van der Waals surface area contributed by atoms with Crippen LogP contribution in [0.4, 0.5) is 11.4 Å². The summed E-state index contributed by atoms with van der Waals surface area (Å²) in [5.41, 5.74) is 3.96. The van der Waals surface area contributed by atoms with E-state index in [1.54, 1.807) is 29.2 Å². The first-order valence-corrected chi connectivity index (χ1v) is 13.1. The Kier molecular flexibility index (Phi) is 6.93. The van der Waals surface area contributed by atoms with Crippen molar-refractivity contribution in [1.82, 2.24) is 4.90 Å². The fourth-order valence-electron chi connectivity index (χ4n) is 4.13. The van der Waals surface area contributed by atoms with E-state index in [1.165, 1.54) is 6.07 Å². The number of amides is 1. The zero-order chi connectivity index (χ0) is 24.3. The number of piperazine rings is 1. The van der Waals surface area contributed by atoms with Gasteiger partial charge in [0.05, 0.1) is 4.90 Å². The van der Waals surface area contributed by atoms with Gasteiger partial charge in [-0.1, -0.05) is 50.2 Å². The van der Waals surface area contributed by atoms with Crippen LogP contribution in [0.25, 0.3) is 0 Å². The summed E-state index contributed by atoms with van der Waals surface area (Å²) in [4.78, 5) is 17.4. The molecule has 3 aromatic rings. The molecule has 1 amide bonds. The third kappa shape index (κ3) is 5.25. The third-order valence-corrected chi connectivity index (χ3v) is 7.65. The molecule has 0 radical (unpaired) electrons. The average molecular weight is 478 g/mol. The van der Waals surface area contributed by atoms with Crippen molar-refractivity contribution in [2.45, 2.75) is 31.6 Å². The monoisotopic (exact) mass is 477 g/mol. The minimum Gasteiger partial charge on any atom is -0.368 e. The topological polar surface area (TPSA) is 69.7 Å². The summed E-state index contributed by atoms with van der Waals surface area (Å²) < 4.78 is 28.7. The standard InChI is InChI=1S/C27H31N3O3S/c1-20(2)22-10-12-23(13-11-22)28-34(32,33)25-14-9-21(3)26(19-25)27(31)30-17-15-29(16-18-30)24-7-5-4-6-8-24/h4-14,19-20,28H,15-18H2,1-3H3. The Hall–Kier alpha value is -3.32. The fourth-order valence-corrected chi connectivity index (χ4v) is 5.21. The van der Waals surface area contributed by atoms with Crippen LogP contribution >= 0.6 is 0 Å². The van der Waals surface area contributed by atoms with E-state index in [0.29, 0.717) is 30.3 Å². The molecule has 34 heavy (non-hydrogen) atoms. The molecule has 4 rings (SSSR count). The van der Waals surface area contributed by atoms with E-state index in [1.807, 2.05) is 37.3 Å². The van der Waals surface area contributed by atoms with Crippen molar-refractivity contribution in [2.24, 2.45) is 0 Å². The normalized spacial score (nSPS) is 14.4. The lowest BCUT2D eigenvalue weighted by atomic mass is 10.0. The van der Waals surface area contributed by atoms with Crippen LogP contribution in [0.1, 0.15) is 41.3 Å². The SMILES string of the molecule is Cc1ccc(S(=O)(=O)Nc2ccc(C(C)C)cc2)cc1C(=O)N1CCN(c2ccccc2)CC1. The molecule has 0 saturated carbocycles. The van der Waals surface area contributed by atoms with Gasteiger partial charge in [-0.2, -0.15) is 0 Å². The maximum atomic E-state index is 13.3. The highest BCUT2D eigenvalue weighted by molar-refractivity contribution is 7.92. The lowest BCUT2D eigenvalue weighted by molar-refractivity contribution is 0.0746. The van der Waals surface area contributed by atoms with Gasteiger partial charge in [-0.05, 0) is 60.4 Å². The number of carbonyl (C=O) groups is 1. The molecule has 0 spiro atoms. The third-order valence-electron chi connectivity index (χ3n) is 6.27. The van der Waals surface area contributed by atoms with E-state index >= 15 is 0 Å². The van der Waals surface area contributed by atoms with Gasteiger partial charge >= 0.3 is 0 Å². The Morgan fingerprint density at radius 1 is 0.882 bits per heavy atom. The van der Waals surface area contributed by atoms with E-state index in [0.717, 1.165) is 29.9 Å². The lowest BCUT2D eigenvalue weighted by Crippen LogP contribution is -2.49. The summed E-state index contributed by atoms with van der Waals surface area (Å²) in [6.07, 6.45) is 0. The molecule has 0 aromatic heterocycles. The van der Waals surface area contributed by atoms with Gasteiger partial charge in [0.15, 0.2) is 0 Å². The van der Waals surface area contributed by atoms with Crippen molar-refractivity contribution in [2.75, 3.05) is 35.8 Å². The van der Waals surface area contributed by atoms with Crippen molar-refractivity contribution in [3.05, 3.63) is 89.5 Å². The number of nitrogens with zero attached hydrogens (tertiary/aromatic N) is 2. The molecule has 0 unspecified atom stereocenters. The molecular weight excluding hydrogens is 446 g/mol. The van der Waals surface area contributed by atoms with Crippen LogP contribution in [0.5, 0.6) is 0 Å². The first kappa shape index (κ1) is 23.8. The van der Waals surface area contributed by atoms with E-state index < -0.39 is 10.0 Å². The molecule has 0 bridgehead atoms. The highest BCUT2D eigenvalue weighted by Crippen LogP contribution is 2.23. The molecule has 3 aromatic carbocycles. The smallest absolute Gasteiger partial charge is 0.261 e. The van der Waals surface area contributed by atoms with Crippen LogP contribution in [0.3, 0.4) is 0 Å². The Labute approximate surface area is 202 Å². The second-order valence-corrected chi connectivity index (χ2v) is 10.7. The van der Waals surface area contributed by atoms with Gasteiger partial charge in [-0.15, -0.1) is 0 Å². The van der Waals surface area contributed by atoms with Crippen LogP contribution in [-0.4, -0.2) is 45.4 Å². The van der Waals surface area contributed by atoms with Crippen LogP contribution in [-0.2, 0) is 10.0 Å². The fraction of sp³-hybridized carbons (Fsp3) is 0.296. The van der Waals surface area contributed by atoms with Gasteiger partial charge in [0, 0.05) is 43.1 Å². The molecule has 1 N–H and O–H groups in total. The summed E-state index contributed by atoms with van der Waals surface area (Å²) >= 11 is 0. The van der Waals surface area contributed by atoms with E-state index in [-0.39, 0.29) is 10.8 Å². The number of para-hydroxylation sites is 1. The number of benzene rings is 3. The van der Waals surface area contributed by atoms with E-state index in [9.17, 15) is 13.2 Å². The van der Waals surface area contributed by atoms with Crippen molar-refractivity contribution in [3.63, 3.8) is 0 Å². The molecule has 1 aliphatic rings. The molecule has 0 atom stereocenters. The quantitative estimate of drug-likeness (QED) is 0.549. The minimum absolute atomic E-state index is 0.0808. The van der Waals surface area contributed by atoms with Crippen molar-refractivity contribution < 1.29 is 13.2 Å². The van der Waals surface area contributed by atoms with Gasteiger partial charge in [0.2, 0.25) is 0 Å². The maximum absolute atomic E-state index is 13.3. The molecule has 1 saturated heterocycles. The minimum atomic E-state index is -3.82. The summed E-state index contributed by atoms with van der Waals surface area (Å²) in [7, 11) is -3.82. The second-order valence-electron chi connectivity index (χ2n) is 8.97. The Morgan fingerprint density at radius 2 is 1.53 bits per heavy atom. The number of nitrogens with one attached hydrogen (secondary N) is 1. The lowest BCUT2D eigenvalue weighted by Gasteiger charge is -2.36. The zero-order valence-corrected chi connectivity index (χ0v) is 20.7. The zero-order valence-electron chi connectivity index (χ0n) is 19.9. The van der Waals surface area contributed by atoms with Gasteiger partial charge in [0.1, 0.15) is 0 Å². The second kappa shape index (κ2) is 9.89. The van der Waals surface area contributed by atoms with E-state index in [4.69, 9.17) is 0 Å². The number of hydrogen-bond donors (Lipinski definition) is 1. The summed E-state index contributed by atoms with van der Waals surface area (Å²) in [5.74, 6) is 0.231. The number of hydrogen-bond acceptors (Lipinski definition) is 4. The highest BCUT2D eigenvalue weighted by Gasteiger charge is 2.25. The van der Waals surface area contributed by atoms with Gasteiger partial charge in [-0.25, -0.2) is 8.42 Å². The highest BCUT2D eigenvalue weighted by atomic mass is 32.2.